The van der Waals surface area contributed by atoms with Crippen molar-refractivity contribution >= 4 is 29.3 Å². The van der Waals surface area contributed by atoms with Crippen LogP contribution >= 0.6 is 11.6 Å². The van der Waals surface area contributed by atoms with Crippen LogP contribution < -0.4 is 0 Å². The fourth-order valence-corrected chi connectivity index (χ4v) is 3.20. The Labute approximate surface area is 159 Å². The van der Waals surface area contributed by atoms with Crippen molar-refractivity contribution in [3.8, 4) is 11.4 Å². The van der Waals surface area contributed by atoms with Gasteiger partial charge in [0.15, 0.2) is 0 Å². The lowest BCUT2D eigenvalue weighted by Gasteiger charge is -2.20. The summed E-state index contributed by atoms with van der Waals surface area (Å²) in [5.74, 6) is -1.49. The van der Waals surface area contributed by atoms with Gasteiger partial charge in [-0.25, -0.2) is 9.78 Å². The number of nitrogens with zero attached hydrogens (tertiary/aromatic N) is 2. The number of alkyl halides is 3. The first kappa shape index (κ1) is 18.2. The topological polar surface area (TPSA) is 92.4 Å². The van der Waals surface area contributed by atoms with E-state index < -0.39 is 34.4 Å². The Hall–Kier alpha value is -3.14. The van der Waals surface area contributed by atoms with E-state index in [9.17, 15) is 27.6 Å². The van der Waals surface area contributed by atoms with Gasteiger partial charge in [0.1, 0.15) is 34.5 Å². The Morgan fingerprint density at radius 1 is 1.11 bits per heavy atom. The van der Waals surface area contributed by atoms with Crippen LogP contribution in [-0.4, -0.2) is 45.7 Å². The number of Topliss-reactive ketones (excluding diaryl/α,β-unsaturated/α-hetero) is 2. The number of fused-ring (bicyclic) bond motifs is 1. The molecule has 1 saturated heterocycles. The Bertz CT molecular complexity index is 1060. The van der Waals surface area contributed by atoms with Gasteiger partial charge in [-0.1, -0.05) is 23.7 Å². The van der Waals surface area contributed by atoms with Crippen molar-refractivity contribution in [2.24, 2.45) is 0 Å². The van der Waals surface area contributed by atoms with Crippen molar-refractivity contribution in [1.29, 1.82) is 0 Å². The molecule has 28 heavy (non-hydrogen) atoms. The highest BCUT2D eigenvalue weighted by Crippen LogP contribution is 2.34. The lowest BCUT2D eigenvalue weighted by Crippen LogP contribution is -2.34. The van der Waals surface area contributed by atoms with E-state index in [2.05, 4.69) is 9.97 Å². The number of imidazole rings is 1. The summed E-state index contributed by atoms with van der Waals surface area (Å²) < 4.78 is 42.9. The minimum atomic E-state index is -4.50. The van der Waals surface area contributed by atoms with E-state index >= 15 is 0 Å². The third-order valence-corrected chi connectivity index (χ3v) is 4.64. The molecule has 4 rings (SSSR count). The molecule has 2 heterocycles. The van der Waals surface area contributed by atoms with Crippen LogP contribution in [0.2, 0.25) is 0 Å². The third-order valence-electron chi connectivity index (χ3n) is 4.28. The van der Waals surface area contributed by atoms with Gasteiger partial charge in [-0.05, 0) is 12.1 Å². The molecule has 1 aliphatic heterocycles. The number of hydrogen-bond donors (Lipinski definition) is 1. The van der Waals surface area contributed by atoms with Gasteiger partial charge in [-0.3, -0.25) is 14.5 Å². The highest BCUT2D eigenvalue weighted by atomic mass is 35.5. The summed E-state index contributed by atoms with van der Waals surface area (Å²) in [5.41, 5.74) is -1.40. The molecule has 2 aliphatic rings. The summed E-state index contributed by atoms with van der Waals surface area (Å²) in [6.07, 6.45) is -5.31. The van der Waals surface area contributed by atoms with Crippen LogP contribution in [0.25, 0.3) is 11.4 Å². The summed E-state index contributed by atoms with van der Waals surface area (Å²) in [5, 5.41) is -0.459. The third kappa shape index (κ3) is 2.76. The minimum absolute atomic E-state index is 0.0233. The quantitative estimate of drug-likeness (QED) is 0.818. The second-order valence-electron chi connectivity index (χ2n) is 5.97. The Morgan fingerprint density at radius 2 is 1.79 bits per heavy atom. The number of cyclic esters (lactones) is 1. The summed E-state index contributed by atoms with van der Waals surface area (Å²) in [6, 6.07) is 4.04. The number of aromatic nitrogens is 2. The van der Waals surface area contributed by atoms with Crippen molar-refractivity contribution in [3.63, 3.8) is 0 Å². The van der Waals surface area contributed by atoms with Crippen LogP contribution in [-0.2, 0) is 10.9 Å². The lowest BCUT2D eigenvalue weighted by molar-refractivity contribution is -0.137. The Morgan fingerprint density at radius 3 is 2.36 bits per heavy atom. The van der Waals surface area contributed by atoms with Gasteiger partial charge < -0.3 is 9.72 Å². The average Bonchev–Trinajstić information content (AvgIpc) is 3.27. The van der Waals surface area contributed by atoms with E-state index in [-0.39, 0.29) is 41.6 Å². The summed E-state index contributed by atoms with van der Waals surface area (Å²) in [4.78, 5) is 44.7. The van der Waals surface area contributed by atoms with Crippen LogP contribution in [0.4, 0.5) is 18.0 Å². The fraction of sp³-hybridized carbons (Fsp3) is 0.176. The van der Waals surface area contributed by atoms with Crippen LogP contribution in [0.15, 0.2) is 35.0 Å². The zero-order valence-electron chi connectivity index (χ0n) is 13.8. The Balaban J connectivity index is 1.73. The maximum atomic E-state index is 12.8. The first-order valence-corrected chi connectivity index (χ1v) is 8.27. The highest BCUT2D eigenvalue weighted by molar-refractivity contribution is 6.49. The molecule has 2 aromatic rings. The van der Waals surface area contributed by atoms with Gasteiger partial charge in [0.2, 0.25) is 11.6 Å². The molecule has 144 valence electrons. The van der Waals surface area contributed by atoms with E-state index in [4.69, 9.17) is 16.3 Å². The number of carbonyl (C=O) groups excluding carboxylic acids is 3. The molecule has 0 radical (unpaired) electrons. The maximum Gasteiger partial charge on any atom is 0.416 e. The molecule has 1 amide bonds. The van der Waals surface area contributed by atoms with Gasteiger partial charge in [0, 0.05) is 5.56 Å². The number of ether oxygens (including phenoxy) is 1. The Kier molecular flexibility index (Phi) is 4.03. The first-order chi connectivity index (χ1) is 13.2. The monoisotopic (exact) mass is 411 g/mol. The standard InChI is InChI=1S/C17H9ClF3N3O4/c18-9-12(24-5-6-28-16(24)27)14(26)11-10(13(9)25)22-15(23-11)7-1-3-8(4-2-7)17(19,20)21/h1-4H,5-6H2,(H,22,23). The number of amides is 1. The van der Waals surface area contributed by atoms with Crippen LogP contribution in [0, 0.1) is 0 Å². The fourth-order valence-electron chi connectivity index (χ4n) is 2.92. The number of halogens is 4. The second kappa shape index (κ2) is 6.20. The number of aromatic amines is 1. The van der Waals surface area contributed by atoms with Crippen molar-refractivity contribution in [3.05, 3.63) is 51.9 Å². The van der Waals surface area contributed by atoms with Gasteiger partial charge in [0.25, 0.3) is 0 Å². The molecule has 1 fully saturated rings. The molecule has 0 spiro atoms. The SMILES string of the molecule is O=C1C(N2CCOC2=O)=C(Cl)C(=O)c2[nH]c(-c3ccc(C(F)(F)F)cc3)nc21. The van der Waals surface area contributed by atoms with E-state index in [0.29, 0.717) is 0 Å². The van der Waals surface area contributed by atoms with Gasteiger partial charge in [-0.15, -0.1) is 0 Å². The van der Waals surface area contributed by atoms with Crippen molar-refractivity contribution in [2.45, 2.75) is 6.18 Å². The molecule has 1 N–H and O–H groups in total. The van der Waals surface area contributed by atoms with Crippen molar-refractivity contribution < 1.29 is 32.3 Å². The number of carbonyl (C=O) groups is 3. The number of hydrogen-bond acceptors (Lipinski definition) is 5. The first-order valence-electron chi connectivity index (χ1n) is 7.89. The van der Waals surface area contributed by atoms with E-state index in [1.54, 1.807) is 0 Å². The molecule has 1 aromatic carbocycles. The highest BCUT2D eigenvalue weighted by Gasteiger charge is 2.41. The smallest absolute Gasteiger partial charge is 0.416 e. The predicted molar refractivity (Wildman–Crippen MR) is 88.6 cm³/mol. The molecule has 7 nitrogen and oxygen atoms in total. The predicted octanol–water partition coefficient (Wildman–Crippen LogP) is 3.38. The van der Waals surface area contributed by atoms with E-state index in [0.717, 1.165) is 29.2 Å². The molecule has 0 unspecified atom stereocenters. The van der Waals surface area contributed by atoms with Gasteiger partial charge >= 0.3 is 12.3 Å². The summed E-state index contributed by atoms with van der Waals surface area (Å²) in [6.45, 7) is 0.0904. The number of ketones is 2. The zero-order chi connectivity index (χ0) is 20.2. The molecular weight excluding hydrogens is 403 g/mol. The number of rotatable bonds is 2. The molecule has 1 aromatic heterocycles. The molecular formula is C17H9ClF3N3O4. The molecule has 0 atom stereocenters. The normalized spacial score (nSPS) is 17.3. The number of allylic oxidation sites excluding steroid dienone is 2. The zero-order valence-corrected chi connectivity index (χ0v) is 14.5. The van der Waals surface area contributed by atoms with Crippen LogP contribution in [0.3, 0.4) is 0 Å². The van der Waals surface area contributed by atoms with Gasteiger partial charge in [-0.2, -0.15) is 13.2 Å². The molecule has 0 bridgehead atoms. The maximum absolute atomic E-state index is 12.8. The molecule has 0 saturated carbocycles. The van der Waals surface area contributed by atoms with Crippen molar-refractivity contribution in [1.82, 2.24) is 14.9 Å². The largest absolute Gasteiger partial charge is 0.447 e. The van der Waals surface area contributed by atoms with E-state index in [1.807, 2.05) is 0 Å². The van der Waals surface area contributed by atoms with Gasteiger partial charge in [0.05, 0.1) is 12.1 Å². The second-order valence-corrected chi connectivity index (χ2v) is 6.35. The lowest BCUT2D eigenvalue weighted by atomic mass is 10.0. The average molecular weight is 412 g/mol. The minimum Gasteiger partial charge on any atom is -0.447 e. The number of benzene rings is 1. The summed E-state index contributed by atoms with van der Waals surface area (Å²) >= 11 is 6.01. The van der Waals surface area contributed by atoms with Crippen molar-refractivity contribution in [2.75, 3.05) is 13.2 Å². The number of H-pyrrole nitrogens is 1. The van der Waals surface area contributed by atoms with Crippen LogP contribution in [0.5, 0.6) is 0 Å². The molecule has 1 aliphatic carbocycles. The summed E-state index contributed by atoms with van der Waals surface area (Å²) in [7, 11) is 0. The van der Waals surface area contributed by atoms with Crippen LogP contribution in [0.1, 0.15) is 26.5 Å². The number of nitrogens with one attached hydrogen (secondary N) is 1. The van der Waals surface area contributed by atoms with E-state index in [1.165, 1.54) is 0 Å². The molecule has 11 heteroatoms.